The van der Waals surface area contributed by atoms with Crippen LogP contribution in [0.1, 0.15) is 77.6 Å². The summed E-state index contributed by atoms with van der Waals surface area (Å²) >= 11 is 0. The largest absolute Gasteiger partial charge is 0.312 e. The van der Waals surface area contributed by atoms with Gasteiger partial charge in [0.25, 0.3) is 0 Å². The maximum absolute atomic E-state index is 3.87. The van der Waals surface area contributed by atoms with E-state index in [9.17, 15) is 0 Å². The molecule has 1 N–H and O–H groups in total. The molecular weight excluding hydrogens is 256 g/mol. The minimum Gasteiger partial charge on any atom is -0.312 e. The Morgan fingerprint density at radius 3 is 2.19 bits per heavy atom. The monoisotopic (exact) mass is 294 g/mol. The molecule has 0 radical (unpaired) electrons. The highest BCUT2D eigenvalue weighted by atomic mass is 15.1. The van der Waals surface area contributed by atoms with Crippen LogP contribution in [0.2, 0.25) is 0 Å². The molecule has 0 aromatic carbocycles. The topological polar surface area (TPSA) is 15.3 Å². The lowest BCUT2D eigenvalue weighted by Crippen LogP contribution is -2.46. The molecule has 2 nitrogen and oxygen atoms in total. The van der Waals surface area contributed by atoms with E-state index in [1.54, 1.807) is 0 Å². The number of nitrogens with zero attached hydrogens (tertiary/aromatic N) is 1. The first-order valence-electron chi connectivity index (χ1n) is 9.71. The smallest absolute Gasteiger partial charge is 0.0223 e. The zero-order valence-corrected chi connectivity index (χ0v) is 14.6. The Morgan fingerprint density at radius 1 is 0.952 bits per heavy atom. The number of rotatable bonds is 8. The van der Waals surface area contributed by atoms with Gasteiger partial charge in [0, 0.05) is 19.1 Å². The van der Waals surface area contributed by atoms with Crippen molar-refractivity contribution in [2.45, 2.75) is 83.6 Å². The van der Waals surface area contributed by atoms with E-state index in [0.29, 0.717) is 0 Å². The van der Waals surface area contributed by atoms with Gasteiger partial charge >= 0.3 is 0 Å². The van der Waals surface area contributed by atoms with Crippen molar-refractivity contribution < 1.29 is 0 Å². The van der Waals surface area contributed by atoms with Crippen molar-refractivity contribution in [2.24, 2.45) is 11.8 Å². The molecule has 0 bridgehead atoms. The summed E-state index contributed by atoms with van der Waals surface area (Å²) in [6, 6.07) is 0.735. The Kier molecular flexibility index (Phi) is 8.10. The van der Waals surface area contributed by atoms with Gasteiger partial charge in [-0.2, -0.15) is 0 Å². The summed E-state index contributed by atoms with van der Waals surface area (Å²) in [6.45, 7) is 6.08. The van der Waals surface area contributed by atoms with Crippen LogP contribution in [-0.4, -0.2) is 37.6 Å². The number of hydrogen-bond acceptors (Lipinski definition) is 2. The first kappa shape index (κ1) is 17.3. The van der Waals surface area contributed by atoms with E-state index in [2.05, 4.69) is 24.2 Å². The zero-order chi connectivity index (χ0) is 14.9. The Labute approximate surface area is 133 Å². The van der Waals surface area contributed by atoms with Crippen molar-refractivity contribution in [3.8, 4) is 0 Å². The van der Waals surface area contributed by atoms with Gasteiger partial charge in [0.1, 0.15) is 0 Å². The molecule has 21 heavy (non-hydrogen) atoms. The lowest BCUT2D eigenvalue weighted by atomic mass is 9.83. The second kappa shape index (κ2) is 9.84. The molecule has 2 fully saturated rings. The normalized spacial score (nSPS) is 23.6. The third-order valence-corrected chi connectivity index (χ3v) is 5.68. The van der Waals surface area contributed by atoms with E-state index in [4.69, 9.17) is 0 Å². The molecule has 0 aromatic rings. The molecule has 2 saturated carbocycles. The summed E-state index contributed by atoms with van der Waals surface area (Å²) < 4.78 is 0. The molecule has 2 aliphatic carbocycles. The van der Waals surface area contributed by atoms with E-state index < -0.39 is 0 Å². The molecule has 2 heteroatoms. The van der Waals surface area contributed by atoms with Crippen LogP contribution in [0.5, 0.6) is 0 Å². The second-order valence-electron chi connectivity index (χ2n) is 7.68. The Morgan fingerprint density at radius 2 is 1.57 bits per heavy atom. The third kappa shape index (κ3) is 6.28. The highest BCUT2D eigenvalue weighted by molar-refractivity contribution is 4.82. The predicted molar refractivity (Wildman–Crippen MR) is 92.7 cm³/mol. The van der Waals surface area contributed by atoms with Gasteiger partial charge in [0.2, 0.25) is 0 Å². The Bertz CT molecular complexity index is 254. The van der Waals surface area contributed by atoms with E-state index in [1.165, 1.54) is 90.3 Å². The summed E-state index contributed by atoms with van der Waals surface area (Å²) in [4.78, 5) is 2.64. The lowest BCUT2D eigenvalue weighted by molar-refractivity contribution is 0.175. The molecule has 0 spiro atoms. The van der Waals surface area contributed by atoms with Crippen LogP contribution in [-0.2, 0) is 0 Å². The van der Waals surface area contributed by atoms with Gasteiger partial charge < -0.3 is 10.2 Å². The quantitative estimate of drug-likeness (QED) is 0.711. The van der Waals surface area contributed by atoms with Gasteiger partial charge in [0.05, 0.1) is 0 Å². The van der Waals surface area contributed by atoms with Crippen molar-refractivity contribution >= 4 is 0 Å². The summed E-state index contributed by atoms with van der Waals surface area (Å²) in [5.41, 5.74) is 0. The maximum atomic E-state index is 3.87. The molecule has 0 aliphatic heterocycles. The summed E-state index contributed by atoms with van der Waals surface area (Å²) in [5, 5.41) is 3.87. The van der Waals surface area contributed by atoms with Crippen molar-refractivity contribution in [3.05, 3.63) is 0 Å². The van der Waals surface area contributed by atoms with Gasteiger partial charge in [-0.1, -0.05) is 45.4 Å². The van der Waals surface area contributed by atoms with Gasteiger partial charge in [-0.3, -0.25) is 0 Å². The Balaban J connectivity index is 1.78. The predicted octanol–water partition coefficient (Wildman–Crippen LogP) is 4.45. The van der Waals surface area contributed by atoms with Crippen LogP contribution in [0.25, 0.3) is 0 Å². The van der Waals surface area contributed by atoms with Crippen LogP contribution < -0.4 is 5.32 Å². The summed E-state index contributed by atoms with van der Waals surface area (Å²) in [5.74, 6) is 1.90. The molecule has 0 saturated heterocycles. The lowest BCUT2D eigenvalue weighted by Gasteiger charge is -2.35. The molecule has 124 valence electrons. The molecule has 0 heterocycles. The molecule has 1 unspecified atom stereocenters. The Hall–Kier alpha value is -0.0800. The fourth-order valence-corrected chi connectivity index (χ4v) is 4.47. The molecule has 1 atom stereocenters. The molecule has 0 amide bonds. The zero-order valence-electron chi connectivity index (χ0n) is 14.6. The standard InChI is InChI=1S/C19H38N2/c1-3-14-20-19(18-12-8-5-9-13-18)16-21(2)15-17-10-6-4-7-11-17/h17-20H,3-16H2,1-2H3. The number of likely N-dealkylation sites (N-methyl/N-ethyl adjacent to an activating group) is 1. The third-order valence-electron chi connectivity index (χ3n) is 5.68. The van der Waals surface area contributed by atoms with Crippen molar-refractivity contribution in [3.63, 3.8) is 0 Å². The first-order valence-corrected chi connectivity index (χ1v) is 9.71. The van der Waals surface area contributed by atoms with Crippen LogP contribution >= 0.6 is 0 Å². The van der Waals surface area contributed by atoms with Gasteiger partial charge in [-0.15, -0.1) is 0 Å². The van der Waals surface area contributed by atoms with E-state index >= 15 is 0 Å². The van der Waals surface area contributed by atoms with Gasteiger partial charge in [0.15, 0.2) is 0 Å². The number of hydrogen-bond donors (Lipinski definition) is 1. The highest BCUT2D eigenvalue weighted by Gasteiger charge is 2.25. The van der Waals surface area contributed by atoms with E-state index in [1.807, 2.05) is 0 Å². The van der Waals surface area contributed by atoms with Crippen LogP contribution in [0.15, 0.2) is 0 Å². The number of nitrogens with one attached hydrogen (secondary N) is 1. The molecule has 2 aliphatic rings. The SMILES string of the molecule is CCCNC(CN(C)CC1CCCCC1)C1CCCCC1. The maximum Gasteiger partial charge on any atom is 0.0223 e. The van der Waals surface area contributed by atoms with Gasteiger partial charge in [-0.25, -0.2) is 0 Å². The average Bonchev–Trinajstić information content (AvgIpc) is 2.53. The fourth-order valence-electron chi connectivity index (χ4n) is 4.47. The summed E-state index contributed by atoms with van der Waals surface area (Å²) in [7, 11) is 2.36. The van der Waals surface area contributed by atoms with Crippen molar-refractivity contribution in [1.29, 1.82) is 0 Å². The van der Waals surface area contributed by atoms with Crippen molar-refractivity contribution in [1.82, 2.24) is 10.2 Å². The molecule has 0 aromatic heterocycles. The molecule has 2 rings (SSSR count). The molecular formula is C19H38N2. The minimum absolute atomic E-state index is 0.735. The average molecular weight is 295 g/mol. The van der Waals surface area contributed by atoms with Crippen LogP contribution in [0.4, 0.5) is 0 Å². The van der Waals surface area contributed by atoms with Gasteiger partial charge in [-0.05, 0) is 57.5 Å². The highest BCUT2D eigenvalue weighted by Crippen LogP contribution is 2.28. The second-order valence-corrected chi connectivity index (χ2v) is 7.68. The van der Waals surface area contributed by atoms with E-state index in [0.717, 1.165) is 17.9 Å². The van der Waals surface area contributed by atoms with Crippen LogP contribution in [0, 0.1) is 11.8 Å². The minimum atomic E-state index is 0.735. The first-order chi connectivity index (χ1) is 10.3. The van der Waals surface area contributed by atoms with Crippen LogP contribution in [0.3, 0.4) is 0 Å². The van der Waals surface area contributed by atoms with E-state index in [-0.39, 0.29) is 0 Å². The fraction of sp³-hybridized carbons (Fsp3) is 1.00. The van der Waals surface area contributed by atoms with Crippen molar-refractivity contribution in [2.75, 3.05) is 26.7 Å². The summed E-state index contributed by atoms with van der Waals surface area (Å²) in [6.07, 6.45) is 15.9.